The SMILES string of the molecule is COC(=O)c1cn(Cc2ccc3c(c2)CN(C(C)C)C3)nn1. The molecule has 0 amide bonds. The summed E-state index contributed by atoms with van der Waals surface area (Å²) < 4.78 is 6.29. The van der Waals surface area contributed by atoms with E-state index >= 15 is 0 Å². The first-order chi connectivity index (χ1) is 10.6. The Balaban J connectivity index is 1.74. The number of benzene rings is 1. The topological polar surface area (TPSA) is 60.2 Å². The number of methoxy groups -OCH3 is 1. The summed E-state index contributed by atoms with van der Waals surface area (Å²) in [4.78, 5) is 13.8. The van der Waals surface area contributed by atoms with Gasteiger partial charge in [-0.15, -0.1) is 5.10 Å². The highest BCUT2D eigenvalue weighted by atomic mass is 16.5. The highest BCUT2D eigenvalue weighted by Gasteiger charge is 2.21. The molecule has 1 aliphatic rings. The molecule has 0 atom stereocenters. The minimum Gasteiger partial charge on any atom is -0.464 e. The molecule has 2 aromatic rings. The fourth-order valence-electron chi connectivity index (χ4n) is 2.70. The Hall–Kier alpha value is -2.21. The van der Waals surface area contributed by atoms with Gasteiger partial charge in [-0.25, -0.2) is 9.48 Å². The van der Waals surface area contributed by atoms with E-state index in [-0.39, 0.29) is 5.69 Å². The normalized spacial score (nSPS) is 14.4. The molecule has 0 bridgehead atoms. The van der Waals surface area contributed by atoms with Crippen LogP contribution in [0.3, 0.4) is 0 Å². The molecule has 0 spiro atoms. The molecule has 116 valence electrons. The molecule has 1 aromatic carbocycles. The molecular weight excluding hydrogens is 280 g/mol. The number of esters is 1. The molecule has 2 heterocycles. The Kier molecular flexibility index (Phi) is 3.94. The molecule has 0 fully saturated rings. The van der Waals surface area contributed by atoms with Gasteiger partial charge in [0.1, 0.15) is 0 Å². The number of aromatic nitrogens is 3. The summed E-state index contributed by atoms with van der Waals surface area (Å²) >= 11 is 0. The molecule has 1 aromatic heterocycles. The highest BCUT2D eigenvalue weighted by Crippen LogP contribution is 2.25. The summed E-state index contributed by atoms with van der Waals surface area (Å²) in [5.74, 6) is -0.465. The predicted octanol–water partition coefficient (Wildman–Crippen LogP) is 1.84. The maximum absolute atomic E-state index is 11.4. The van der Waals surface area contributed by atoms with E-state index in [1.807, 2.05) is 0 Å². The zero-order chi connectivity index (χ0) is 15.7. The van der Waals surface area contributed by atoms with Crippen molar-refractivity contribution in [1.82, 2.24) is 19.9 Å². The molecular formula is C16H20N4O2. The second-order valence-corrected chi connectivity index (χ2v) is 5.89. The van der Waals surface area contributed by atoms with E-state index in [9.17, 15) is 4.79 Å². The molecule has 0 aliphatic carbocycles. The van der Waals surface area contributed by atoms with E-state index in [1.54, 1.807) is 10.9 Å². The second kappa shape index (κ2) is 5.88. The van der Waals surface area contributed by atoms with Crippen molar-refractivity contribution in [2.45, 2.75) is 39.5 Å². The van der Waals surface area contributed by atoms with Gasteiger partial charge in [0.15, 0.2) is 5.69 Å². The van der Waals surface area contributed by atoms with Crippen LogP contribution in [0.1, 0.15) is 41.0 Å². The lowest BCUT2D eigenvalue weighted by molar-refractivity contribution is 0.0594. The van der Waals surface area contributed by atoms with Crippen LogP contribution in [0.2, 0.25) is 0 Å². The van der Waals surface area contributed by atoms with Gasteiger partial charge >= 0.3 is 5.97 Å². The number of nitrogens with zero attached hydrogens (tertiary/aromatic N) is 4. The first kappa shape index (κ1) is 14.7. The van der Waals surface area contributed by atoms with Gasteiger partial charge in [-0.1, -0.05) is 23.4 Å². The summed E-state index contributed by atoms with van der Waals surface area (Å²) in [7, 11) is 1.34. The Morgan fingerprint density at radius 2 is 2.09 bits per heavy atom. The summed E-state index contributed by atoms with van der Waals surface area (Å²) in [5.41, 5.74) is 4.16. The number of ether oxygens (including phenoxy) is 1. The third-order valence-corrected chi connectivity index (χ3v) is 4.03. The highest BCUT2D eigenvalue weighted by molar-refractivity contribution is 5.86. The molecule has 0 saturated carbocycles. The number of carbonyl (C=O) groups excluding carboxylic acids is 1. The standard InChI is InChI=1S/C16H20N4O2/c1-11(2)19-8-13-5-4-12(6-14(13)9-19)7-20-10-15(17-18-20)16(21)22-3/h4-6,10-11H,7-9H2,1-3H3. The monoisotopic (exact) mass is 300 g/mol. The molecule has 22 heavy (non-hydrogen) atoms. The molecule has 1 aliphatic heterocycles. The lowest BCUT2D eigenvalue weighted by atomic mass is 10.1. The van der Waals surface area contributed by atoms with E-state index in [1.165, 1.54) is 18.2 Å². The van der Waals surface area contributed by atoms with Crippen molar-refractivity contribution in [2.24, 2.45) is 0 Å². The largest absolute Gasteiger partial charge is 0.464 e. The zero-order valence-electron chi connectivity index (χ0n) is 13.1. The summed E-state index contributed by atoms with van der Waals surface area (Å²) in [6.45, 7) is 7.04. The van der Waals surface area contributed by atoms with Crippen LogP contribution in [-0.4, -0.2) is 39.0 Å². The maximum atomic E-state index is 11.4. The summed E-state index contributed by atoms with van der Waals surface area (Å²) in [5, 5.41) is 7.79. The van der Waals surface area contributed by atoms with E-state index in [2.05, 4.69) is 52.0 Å². The molecule has 0 N–H and O–H groups in total. The fraction of sp³-hybridized carbons (Fsp3) is 0.438. The van der Waals surface area contributed by atoms with Gasteiger partial charge in [0.25, 0.3) is 0 Å². The van der Waals surface area contributed by atoms with Crippen LogP contribution < -0.4 is 0 Å². The number of fused-ring (bicyclic) bond motifs is 1. The number of hydrogen-bond donors (Lipinski definition) is 0. The summed E-state index contributed by atoms with van der Waals surface area (Å²) in [6.07, 6.45) is 1.61. The first-order valence-corrected chi connectivity index (χ1v) is 7.40. The van der Waals surface area contributed by atoms with Crippen LogP contribution in [0, 0.1) is 0 Å². The van der Waals surface area contributed by atoms with Gasteiger partial charge in [-0.3, -0.25) is 4.90 Å². The lowest BCUT2D eigenvalue weighted by Crippen LogP contribution is -2.24. The predicted molar refractivity (Wildman–Crippen MR) is 81.3 cm³/mol. The first-order valence-electron chi connectivity index (χ1n) is 7.40. The van der Waals surface area contributed by atoms with Crippen molar-refractivity contribution in [1.29, 1.82) is 0 Å². The average molecular weight is 300 g/mol. The van der Waals surface area contributed by atoms with Gasteiger partial charge < -0.3 is 4.74 Å². The van der Waals surface area contributed by atoms with E-state index in [0.29, 0.717) is 12.6 Å². The molecule has 3 rings (SSSR count). The number of hydrogen-bond acceptors (Lipinski definition) is 5. The molecule has 0 radical (unpaired) electrons. The van der Waals surface area contributed by atoms with Crippen LogP contribution in [0.4, 0.5) is 0 Å². The van der Waals surface area contributed by atoms with Crippen LogP contribution in [0.25, 0.3) is 0 Å². The van der Waals surface area contributed by atoms with Crippen LogP contribution in [0.5, 0.6) is 0 Å². The zero-order valence-corrected chi connectivity index (χ0v) is 13.1. The van der Waals surface area contributed by atoms with Crippen molar-refractivity contribution in [3.63, 3.8) is 0 Å². The number of carbonyl (C=O) groups is 1. The Morgan fingerprint density at radius 1 is 1.32 bits per heavy atom. The average Bonchev–Trinajstić information content (AvgIpc) is 3.12. The summed E-state index contributed by atoms with van der Waals surface area (Å²) in [6, 6.07) is 7.07. The van der Waals surface area contributed by atoms with Gasteiger partial charge in [0, 0.05) is 19.1 Å². The molecule has 0 saturated heterocycles. The van der Waals surface area contributed by atoms with Crippen LogP contribution in [-0.2, 0) is 24.4 Å². The number of rotatable bonds is 4. The Bertz CT molecular complexity index is 693. The molecule has 0 unspecified atom stereocenters. The van der Waals surface area contributed by atoms with Gasteiger partial charge in [-0.2, -0.15) is 0 Å². The van der Waals surface area contributed by atoms with E-state index in [0.717, 1.165) is 18.7 Å². The molecule has 6 heteroatoms. The third kappa shape index (κ3) is 2.87. The fourth-order valence-corrected chi connectivity index (χ4v) is 2.70. The van der Waals surface area contributed by atoms with Gasteiger partial charge in [0.2, 0.25) is 0 Å². The lowest BCUT2D eigenvalue weighted by Gasteiger charge is -2.18. The van der Waals surface area contributed by atoms with Crippen molar-refractivity contribution in [3.8, 4) is 0 Å². The van der Waals surface area contributed by atoms with Crippen LogP contribution >= 0.6 is 0 Å². The quantitative estimate of drug-likeness (QED) is 0.806. The Morgan fingerprint density at radius 3 is 2.82 bits per heavy atom. The minimum absolute atomic E-state index is 0.231. The maximum Gasteiger partial charge on any atom is 0.360 e. The van der Waals surface area contributed by atoms with Crippen molar-refractivity contribution in [2.75, 3.05) is 7.11 Å². The molecule has 6 nitrogen and oxygen atoms in total. The van der Waals surface area contributed by atoms with Crippen molar-refractivity contribution in [3.05, 3.63) is 46.8 Å². The van der Waals surface area contributed by atoms with Crippen molar-refractivity contribution < 1.29 is 9.53 Å². The van der Waals surface area contributed by atoms with E-state index < -0.39 is 5.97 Å². The van der Waals surface area contributed by atoms with Gasteiger partial charge in [0.05, 0.1) is 19.9 Å². The smallest absolute Gasteiger partial charge is 0.360 e. The van der Waals surface area contributed by atoms with Crippen molar-refractivity contribution >= 4 is 5.97 Å². The third-order valence-electron chi connectivity index (χ3n) is 4.03. The Labute approximate surface area is 129 Å². The van der Waals surface area contributed by atoms with E-state index in [4.69, 9.17) is 0 Å². The minimum atomic E-state index is -0.465. The van der Waals surface area contributed by atoms with Gasteiger partial charge in [-0.05, 0) is 30.5 Å². The second-order valence-electron chi connectivity index (χ2n) is 5.89. The van der Waals surface area contributed by atoms with Crippen LogP contribution in [0.15, 0.2) is 24.4 Å².